The normalized spacial score (nSPS) is 14.7. The molecule has 0 bridgehead atoms. The van der Waals surface area contributed by atoms with E-state index in [1.807, 2.05) is 12.1 Å². The minimum absolute atomic E-state index is 0.0558. The number of carbonyl (C=O) groups is 1. The van der Waals surface area contributed by atoms with Gasteiger partial charge in [0.2, 0.25) is 0 Å². The zero-order valence-corrected chi connectivity index (χ0v) is 11.0. The van der Waals surface area contributed by atoms with Gasteiger partial charge in [-0.05, 0) is 30.9 Å². The summed E-state index contributed by atoms with van der Waals surface area (Å²) in [6.45, 7) is 2.83. The van der Waals surface area contributed by atoms with E-state index in [0.717, 1.165) is 37.3 Å². The summed E-state index contributed by atoms with van der Waals surface area (Å²) in [6, 6.07) is 8.26. The van der Waals surface area contributed by atoms with Crippen molar-refractivity contribution in [2.24, 2.45) is 0 Å². The van der Waals surface area contributed by atoms with Crippen LogP contribution in [0.25, 0.3) is 0 Å². The van der Waals surface area contributed by atoms with Crippen molar-refractivity contribution in [3.8, 4) is 0 Å². The summed E-state index contributed by atoms with van der Waals surface area (Å²) in [5, 5.41) is 2.87. The van der Waals surface area contributed by atoms with Gasteiger partial charge in [0, 0.05) is 18.7 Å². The van der Waals surface area contributed by atoms with Crippen molar-refractivity contribution in [1.82, 2.24) is 15.3 Å². The second-order valence-electron chi connectivity index (χ2n) is 4.97. The van der Waals surface area contributed by atoms with Crippen LogP contribution < -0.4 is 5.32 Å². The molecule has 1 amide bonds. The molecule has 0 saturated carbocycles. The molecule has 2 aromatic rings. The number of aromatic nitrogens is 2. The summed E-state index contributed by atoms with van der Waals surface area (Å²) < 4.78 is 0. The molecule has 2 N–H and O–H groups in total. The average Bonchev–Trinajstić information content (AvgIpc) is 2.73. The van der Waals surface area contributed by atoms with E-state index in [2.05, 4.69) is 34.3 Å². The number of benzene rings is 1. The van der Waals surface area contributed by atoms with Crippen LogP contribution >= 0.6 is 0 Å². The molecule has 1 aromatic heterocycles. The molecule has 1 aliphatic heterocycles. The van der Waals surface area contributed by atoms with Gasteiger partial charge in [-0.1, -0.05) is 24.3 Å². The number of H-pyrrole nitrogens is 1. The lowest BCUT2D eigenvalue weighted by Crippen LogP contribution is -2.23. The highest BCUT2D eigenvalue weighted by Gasteiger charge is 2.19. The number of aryl methyl sites for hydroxylation is 2. The lowest BCUT2D eigenvalue weighted by Gasteiger charge is -2.03. The Balaban J connectivity index is 1.89. The second-order valence-corrected chi connectivity index (χ2v) is 4.97. The summed E-state index contributed by atoms with van der Waals surface area (Å²) in [7, 11) is 0. The molecular weight excluding hydrogens is 238 g/mol. The lowest BCUT2D eigenvalue weighted by molar-refractivity contribution is 0.0951. The molecule has 0 atom stereocenters. The molecule has 19 heavy (non-hydrogen) atoms. The van der Waals surface area contributed by atoms with Crippen molar-refractivity contribution < 1.29 is 4.79 Å². The Bertz CT molecular complexity index is 616. The number of hydrogen-bond donors (Lipinski definition) is 2. The molecule has 1 aliphatic rings. The van der Waals surface area contributed by atoms with Gasteiger partial charge in [0.1, 0.15) is 11.5 Å². The van der Waals surface area contributed by atoms with E-state index >= 15 is 0 Å². The van der Waals surface area contributed by atoms with Crippen LogP contribution in [0.1, 0.15) is 39.6 Å². The van der Waals surface area contributed by atoms with Gasteiger partial charge >= 0.3 is 0 Å². The molecule has 0 radical (unpaired) electrons. The Labute approximate surface area is 112 Å². The first-order chi connectivity index (χ1) is 9.24. The predicted molar refractivity (Wildman–Crippen MR) is 73.2 cm³/mol. The zero-order chi connectivity index (χ0) is 13.2. The fourth-order valence-electron chi connectivity index (χ4n) is 2.46. The first-order valence-electron chi connectivity index (χ1n) is 6.64. The maximum Gasteiger partial charge on any atom is 0.271 e. The van der Waals surface area contributed by atoms with Crippen molar-refractivity contribution in [2.45, 2.75) is 26.2 Å². The third-order valence-electron chi connectivity index (χ3n) is 3.55. The number of carbonyl (C=O) groups excluding carboxylic acids is 1. The number of hydrogen-bond acceptors (Lipinski definition) is 2. The molecule has 1 aromatic carbocycles. The summed E-state index contributed by atoms with van der Waals surface area (Å²) >= 11 is 0. The minimum Gasteiger partial charge on any atom is -0.351 e. The number of amides is 1. The maximum atomic E-state index is 11.8. The van der Waals surface area contributed by atoms with Crippen LogP contribution in [-0.2, 0) is 12.8 Å². The Morgan fingerprint density at radius 3 is 3.00 bits per heavy atom. The molecule has 98 valence electrons. The molecule has 0 unspecified atom stereocenters. The van der Waals surface area contributed by atoms with Crippen LogP contribution in [0.5, 0.6) is 0 Å². The van der Waals surface area contributed by atoms with Crippen molar-refractivity contribution in [3.05, 3.63) is 52.6 Å². The zero-order valence-electron chi connectivity index (χ0n) is 11.0. The first kappa shape index (κ1) is 12.0. The SMILES string of the molecule is Cc1ccccc1Cc1nc2c([nH]1)CCCNC2=O. The Hall–Kier alpha value is -2.10. The average molecular weight is 255 g/mol. The van der Waals surface area contributed by atoms with Crippen LogP contribution in [0, 0.1) is 6.92 Å². The summed E-state index contributed by atoms with van der Waals surface area (Å²) in [6.07, 6.45) is 2.59. The predicted octanol–water partition coefficient (Wildman–Crippen LogP) is 1.98. The van der Waals surface area contributed by atoms with Crippen LogP contribution in [0.2, 0.25) is 0 Å². The fraction of sp³-hybridized carbons (Fsp3) is 0.333. The van der Waals surface area contributed by atoms with Crippen LogP contribution in [0.3, 0.4) is 0 Å². The van der Waals surface area contributed by atoms with E-state index in [9.17, 15) is 4.79 Å². The van der Waals surface area contributed by atoms with E-state index in [1.165, 1.54) is 11.1 Å². The van der Waals surface area contributed by atoms with E-state index < -0.39 is 0 Å². The fourth-order valence-corrected chi connectivity index (χ4v) is 2.46. The number of aromatic amines is 1. The van der Waals surface area contributed by atoms with Crippen LogP contribution in [0.4, 0.5) is 0 Å². The molecule has 0 aliphatic carbocycles. The van der Waals surface area contributed by atoms with Gasteiger partial charge in [0.15, 0.2) is 0 Å². The third-order valence-corrected chi connectivity index (χ3v) is 3.55. The van der Waals surface area contributed by atoms with Gasteiger partial charge in [-0.25, -0.2) is 4.98 Å². The van der Waals surface area contributed by atoms with E-state index in [1.54, 1.807) is 0 Å². The number of nitrogens with zero attached hydrogens (tertiary/aromatic N) is 1. The highest BCUT2D eigenvalue weighted by atomic mass is 16.1. The molecule has 4 heteroatoms. The molecule has 2 heterocycles. The monoisotopic (exact) mass is 255 g/mol. The van der Waals surface area contributed by atoms with E-state index in [4.69, 9.17) is 0 Å². The molecular formula is C15H17N3O. The van der Waals surface area contributed by atoms with Gasteiger partial charge in [0.25, 0.3) is 5.91 Å². The van der Waals surface area contributed by atoms with Crippen molar-refractivity contribution in [1.29, 1.82) is 0 Å². The summed E-state index contributed by atoms with van der Waals surface area (Å²) in [4.78, 5) is 19.6. The summed E-state index contributed by atoms with van der Waals surface area (Å²) in [5.41, 5.74) is 4.03. The van der Waals surface area contributed by atoms with Gasteiger partial charge in [0.05, 0.1) is 0 Å². The summed E-state index contributed by atoms with van der Waals surface area (Å²) in [5.74, 6) is 0.816. The highest BCUT2D eigenvalue weighted by Crippen LogP contribution is 2.16. The molecule has 4 nitrogen and oxygen atoms in total. The van der Waals surface area contributed by atoms with Gasteiger partial charge in [-0.3, -0.25) is 4.79 Å². The molecule has 0 spiro atoms. The Kier molecular flexibility index (Phi) is 3.07. The third kappa shape index (κ3) is 2.38. The standard InChI is InChI=1S/C15H17N3O/c1-10-5-2-3-6-11(10)9-13-17-12-7-4-8-16-15(19)14(12)18-13/h2-3,5-6H,4,7-9H2,1H3,(H,16,19)(H,17,18). The van der Waals surface area contributed by atoms with Gasteiger partial charge in [-0.15, -0.1) is 0 Å². The lowest BCUT2D eigenvalue weighted by atomic mass is 10.1. The van der Waals surface area contributed by atoms with Gasteiger partial charge in [-0.2, -0.15) is 0 Å². The van der Waals surface area contributed by atoms with Crippen LogP contribution in [-0.4, -0.2) is 22.4 Å². The largest absolute Gasteiger partial charge is 0.351 e. The minimum atomic E-state index is -0.0558. The smallest absolute Gasteiger partial charge is 0.271 e. The van der Waals surface area contributed by atoms with Crippen molar-refractivity contribution in [2.75, 3.05) is 6.54 Å². The number of nitrogens with one attached hydrogen (secondary N) is 2. The molecule has 3 rings (SSSR count). The first-order valence-corrected chi connectivity index (χ1v) is 6.64. The van der Waals surface area contributed by atoms with E-state index in [-0.39, 0.29) is 5.91 Å². The van der Waals surface area contributed by atoms with E-state index in [0.29, 0.717) is 5.69 Å². The Morgan fingerprint density at radius 1 is 1.32 bits per heavy atom. The number of rotatable bonds is 2. The number of imidazole rings is 1. The van der Waals surface area contributed by atoms with Crippen molar-refractivity contribution in [3.63, 3.8) is 0 Å². The Morgan fingerprint density at radius 2 is 2.16 bits per heavy atom. The molecule has 0 saturated heterocycles. The quantitative estimate of drug-likeness (QED) is 0.862. The van der Waals surface area contributed by atoms with Crippen LogP contribution in [0.15, 0.2) is 24.3 Å². The second kappa shape index (κ2) is 4.88. The molecule has 0 fully saturated rings. The van der Waals surface area contributed by atoms with Crippen molar-refractivity contribution >= 4 is 5.91 Å². The topological polar surface area (TPSA) is 57.8 Å². The maximum absolute atomic E-state index is 11.8. The van der Waals surface area contributed by atoms with Gasteiger partial charge < -0.3 is 10.3 Å². The highest BCUT2D eigenvalue weighted by molar-refractivity contribution is 5.93. The number of fused-ring (bicyclic) bond motifs is 1.